The summed E-state index contributed by atoms with van der Waals surface area (Å²) in [6, 6.07) is 9.19. The topological polar surface area (TPSA) is 63.9 Å². The number of hydrogen-bond acceptors (Lipinski definition) is 5. The van der Waals surface area contributed by atoms with E-state index in [1.165, 1.54) is 16.2 Å². The van der Waals surface area contributed by atoms with Crippen molar-refractivity contribution in [1.29, 1.82) is 0 Å². The molecule has 0 radical (unpaired) electrons. The molecule has 0 aliphatic rings. The molecule has 0 saturated carbocycles. The predicted octanol–water partition coefficient (Wildman–Crippen LogP) is 2.14. The third kappa shape index (κ3) is 3.57. The SMILES string of the molecule is CN(C(=O)COC(=O)Cc1cn2ccsc2n1)c1ccccc1. The van der Waals surface area contributed by atoms with E-state index in [1.807, 2.05) is 46.3 Å². The third-order valence-electron chi connectivity index (χ3n) is 3.34. The maximum Gasteiger partial charge on any atom is 0.312 e. The van der Waals surface area contributed by atoms with E-state index in [-0.39, 0.29) is 18.9 Å². The van der Waals surface area contributed by atoms with Crippen LogP contribution in [0.2, 0.25) is 0 Å². The second-order valence-corrected chi connectivity index (χ2v) is 5.82. The molecule has 1 aromatic carbocycles. The van der Waals surface area contributed by atoms with Crippen LogP contribution in [-0.4, -0.2) is 34.9 Å². The monoisotopic (exact) mass is 329 g/mol. The van der Waals surface area contributed by atoms with Crippen LogP contribution < -0.4 is 4.90 Å². The molecule has 3 aromatic rings. The molecule has 7 heteroatoms. The highest BCUT2D eigenvalue weighted by Crippen LogP contribution is 2.13. The number of hydrogen-bond donors (Lipinski definition) is 0. The summed E-state index contributed by atoms with van der Waals surface area (Å²) in [5.74, 6) is -0.749. The van der Waals surface area contributed by atoms with Gasteiger partial charge in [-0.3, -0.25) is 14.0 Å². The van der Waals surface area contributed by atoms with Gasteiger partial charge in [0.25, 0.3) is 5.91 Å². The number of carbonyl (C=O) groups is 2. The van der Waals surface area contributed by atoms with Crippen LogP contribution in [-0.2, 0) is 20.7 Å². The fourth-order valence-corrected chi connectivity index (χ4v) is 2.81. The van der Waals surface area contributed by atoms with Crippen LogP contribution in [0.5, 0.6) is 0 Å². The first-order valence-corrected chi connectivity index (χ1v) is 7.90. The summed E-state index contributed by atoms with van der Waals surface area (Å²) in [6.07, 6.45) is 3.71. The highest BCUT2D eigenvalue weighted by Gasteiger charge is 2.15. The summed E-state index contributed by atoms with van der Waals surface area (Å²) in [5, 5.41) is 1.92. The van der Waals surface area contributed by atoms with Crippen LogP contribution in [0.4, 0.5) is 5.69 Å². The minimum absolute atomic E-state index is 0.0523. The van der Waals surface area contributed by atoms with Crippen molar-refractivity contribution in [2.45, 2.75) is 6.42 Å². The lowest BCUT2D eigenvalue weighted by Gasteiger charge is -2.16. The van der Waals surface area contributed by atoms with Crippen molar-refractivity contribution in [2.24, 2.45) is 0 Å². The molecule has 0 saturated heterocycles. The number of thiazole rings is 1. The first-order valence-electron chi connectivity index (χ1n) is 7.02. The zero-order valence-corrected chi connectivity index (χ0v) is 13.3. The van der Waals surface area contributed by atoms with Gasteiger partial charge < -0.3 is 9.64 Å². The van der Waals surface area contributed by atoms with Gasteiger partial charge in [-0.15, -0.1) is 11.3 Å². The van der Waals surface area contributed by atoms with E-state index < -0.39 is 5.97 Å². The number of ether oxygens (including phenoxy) is 1. The maximum absolute atomic E-state index is 12.0. The largest absolute Gasteiger partial charge is 0.455 e. The van der Waals surface area contributed by atoms with E-state index in [9.17, 15) is 9.59 Å². The highest BCUT2D eigenvalue weighted by molar-refractivity contribution is 7.15. The van der Waals surface area contributed by atoms with Crippen molar-refractivity contribution >= 4 is 33.9 Å². The van der Waals surface area contributed by atoms with E-state index in [2.05, 4.69) is 4.98 Å². The maximum atomic E-state index is 12.0. The second-order valence-electron chi connectivity index (χ2n) is 4.95. The minimum Gasteiger partial charge on any atom is -0.455 e. The standard InChI is InChI=1S/C16H15N3O3S/c1-18(13-5-3-2-4-6-13)14(20)11-22-15(21)9-12-10-19-7-8-23-16(19)17-12/h2-8,10H,9,11H2,1H3. The van der Waals surface area contributed by atoms with Gasteiger partial charge >= 0.3 is 5.97 Å². The lowest BCUT2D eigenvalue weighted by atomic mass is 10.3. The first-order chi connectivity index (χ1) is 11.1. The minimum atomic E-state index is -0.467. The molecule has 0 fully saturated rings. The number of aromatic nitrogens is 2. The number of likely N-dealkylation sites (N-methyl/N-ethyl adjacent to an activating group) is 1. The Labute approximate surface area is 136 Å². The lowest BCUT2D eigenvalue weighted by Crippen LogP contribution is -2.31. The Kier molecular flexibility index (Phi) is 4.38. The molecule has 0 unspecified atom stereocenters. The normalized spacial score (nSPS) is 10.7. The van der Waals surface area contributed by atoms with Crippen molar-refractivity contribution in [3.63, 3.8) is 0 Å². The van der Waals surface area contributed by atoms with Crippen LogP contribution in [0, 0.1) is 0 Å². The molecule has 0 atom stereocenters. The zero-order valence-electron chi connectivity index (χ0n) is 12.5. The van der Waals surface area contributed by atoms with Crippen molar-refractivity contribution in [3.05, 3.63) is 53.8 Å². The molecule has 2 aromatic heterocycles. The van der Waals surface area contributed by atoms with Gasteiger partial charge in [-0.1, -0.05) is 18.2 Å². The van der Waals surface area contributed by atoms with Gasteiger partial charge in [-0.05, 0) is 12.1 Å². The molecule has 0 aliphatic heterocycles. The van der Waals surface area contributed by atoms with E-state index >= 15 is 0 Å². The molecule has 23 heavy (non-hydrogen) atoms. The van der Waals surface area contributed by atoms with Crippen LogP contribution >= 0.6 is 11.3 Å². The average Bonchev–Trinajstić information content (AvgIpc) is 3.14. The summed E-state index contributed by atoms with van der Waals surface area (Å²) in [4.78, 5) is 30.5. The van der Waals surface area contributed by atoms with Crippen molar-refractivity contribution in [1.82, 2.24) is 9.38 Å². The molecule has 0 N–H and O–H groups in total. The van der Waals surface area contributed by atoms with Gasteiger partial charge in [0.15, 0.2) is 11.6 Å². The highest BCUT2D eigenvalue weighted by atomic mass is 32.1. The number of fused-ring (bicyclic) bond motifs is 1. The van der Waals surface area contributed by atoms with Gasteiger partial charge in [-0.2, -0.15) is 0 Å². The van der Waals surface area contributed by atoms with E-state index in [0.717, 1.165) is 10.6 Å². The van der Waals surface area contributed by atoms with Crippen molar-refractivity contribution in [2.75, 3.05) is 18.6 Å². The Balaban J connectivity index is 1.52. The Morgan fingerprint density at radius 3 is 2.83 bits per heavy atom. The van der Waals surface area contributed by atoms with Gasteiger partial charge in [0, 0.05) is 30.5 Å². The number of rotatable bonds is 5. The fraction of sp³-hybridized carbons (Fsp3) is 0.188. The molecular formula is C16H15N3O3S. The molecule has 3 rings (SSSR count). The summed E-state index contributed by atoms with van der Waals surface area (Å²) in [5.41, 5.74) is 1.38. The van der Waals surface area contributed by atoms with Crippen LogP contribution in [0.1, 0.15) is 5.69 Å². The van der Waals surface area contributed by atoms with Crippen molar-refractivity contribution in [3.8, 4) is 0 Å². The summed E-state index contributed by atoms with van der Waals surface area (Å²) in [7, 11) is 1.65. The molecule has 0 spiro atoms. The Morgan fingerprint density at radius 2 is 2.09 bits per heavy atom. The second kappa shape index (κ2) is 6.62. The Hall–Kier alpha value is -2.67. The Morgan fingerprint density at radius 1 is 1.30 bits per heavy atom. The molecule has 2 heterocycles. The van der Waals surface area contributed by atoms with E-state index in [1.54, 1.807) is 13.2 Å². The molecule has 0 bridgehead atoms. The number of imidazole rings is 1. The summed E-state index contributed by atoms with van der Waals surface area (Å²) in [6.45, 7) is -0.285. The molecular weight excluding hydrogens is 314 g/mol. The fourth-order valence-electron chi connectivity index (χ4n) is 2.09. The molecule has 118 valence electrons. The number of anilines is 1. The van der Waals surface area contributed by atoms with Crippen LogP contribution in [0.3, 0.4) is 0 Å². The van der Waals surface area contributed by atoms with Gasteiger partial charge in [-0.25, -0.2) is 4.98 Å². The number of carbonyl (C=O) groups excluding carboxylic acids is 2. The lowest BCUT2D eigenvalue weighted by molar-refractivity contribution is -0.147. The predicted molar refractivity (Wildman–Crippen MR) is 87.6 cm³/mol. The quantitative estimate of drug-likeness (QED) is 0.673. The molecule has 0 aliphatic carbocycles. The van der Waals surface area contributed by atoms with E-state index in [0.29, 0.717) is 5.69 Å². The van der Waals surface area contributed by atoms with Crippen molar-refractivity contribution < 1.29 is 14.3 Å². The first kappa shape index (κ1) is 15.2. The number of nitrogens with zero attached hydrogens (tertiary/aromatic N) is 3. The smallest absolute Gasteiger partial charge is 0.312 e. The number of benzene rings is 1. The van der Waals surface area contributed by atoms with Gasteiger partial charge in [0.05, 0.1) is 12.1 Å². The molecule has 1 amide bonds. The number of para-hydroxylation sites is 1. The van der Waals surface area contributed by atoms with Gasteiger partial charge in [0.1, 0.15) is 0 Å². The Bertz CT molecular complexity index is 797. The third-order valence-corrected chi connectivity index (χ3v) is 4.11. The summed E-state index contributed by atoms with van der Waals surface area (Å²) >= 11 is 1.49. The van der Waals surface area contributed by atoms with Crippen LogP contribution in [0.25, 0.3) is 4.96 Å². The number of amides is 1. The number of esters is 1. The zero-order chi connectivity index (χ0) is 16.2. The average molecular weight is 329 g/mol. The van der Waals surface area contributed by atoms with Gasteiger partial charge in [0.2, 0.25) is 0 Å². The summed E-state index contributed by atoms with van der Waals surface area (Å²) < 4.78 is 6.90. The molecule has 6 nitrogen and oxygen atoms in total. The van der Waals surface area contributed by atoms with E-state index in [4.69, 9.17) is 4.74 Å². The van der Waals surface area contributed by atoms with Crippen LogP contribution in [0.15, 0.2) is 48.1 Å².